The van der Waals surface area contributed by atoms with E-state index in [1.807, 2.05) is 28.8 Å². The van der Waals surface area contributed by atoms with Gasteiger partial charge in [-0.2, -0.15) is 0 Å². The minimum atomic E-state index is -3.53. The van der Waals surface area contributed by atoms with Gasteiger partial charge in [-0.1, -0.05) is 19.1 Å². The number of benzene rings is 2. The Labute approximate surface area is 163 Å². The molecule has 0 spiro atoms. The van der Waals surface area contributed by atoms with Crippen molar-refractivity contribution in [3.8, 4) is 0 Å². The second kappa shape index (κ2) is 7.37. The highest BCUT2D eigenvalue weighted by Gasteiger charge is 2.28. The summed E-state index contributed by atoms with van der Waals surface area (Å²) >= 11 is 0. The summed E-state index contributed by atoms with van der Waals surface area (Å²) in [5, 5.41) is 2.85. The van der Waals surface area contributed by atoms with Crippen LogP contribution in [0.25, 0.3) is 11.0 Å². The standard InChI is InChI=1S/C20H22N4O3S/c1-2-13-24-18-6-4-3-5-17(18)21-20(24)22-19(25)14-7-11-16(12-8-14)28(26,27)23-15-9-10-15/h3-8,11-12,15,23H,2,9-10,13H2,1H3,(H,21,22,25). The highest BCUT2D eigenvalue weighted by atomic mass is 32.2. The van der Waals surface area contributed by atoms with Gasteiger partial charge in [0.05, 0.1) is 15.9 Å². The third-order valence-electron chi connectivity index (χ3n) is 4.65. The Kier molecular flexibility index (Phi) is 4.91. The van der Waals surface area contributed by atoms with Crippen LogP contribution in [-0.4, -0.2) is 29.9 Å². The third kappa shape index (κ3) is 3.79. The zero-order valence-corrected chi connectivity index (χ0v) is 16.4. The van der Waals surface area contributed by atoms with E-state index in [1.54, 1.807) is 0 Å². The highest BCUT2D eigenvalue weighted by Crippen LogP contribution is 2.23. The molecular weight excluding hydrogens is 376 g/mol. The molecule has 0 bridgehead atoms. The first-order valence-electron chi connectivity index (χ1n) is 9.37. The van der Waals surface area contributed by atoms with Crippen molar-refractivity contribution >= 4 is 32.9 Å². The Balaban J connectivity index is 1.55. The Morgan fingerprint density at radius 2 is 1.86 bits per heavy atom. The summed E-state index contributed by atoms with van der Waals surface area (Å²) in [6, 6.07) is 13.7. The summed E-state index contributed by atoms with van der Waals surface area (Å²) in [5.41, 5.74) is 2.16. The molecular formula is C20H22N4O3S. The molecule has 1 aliphatic carbocycles. The lowest BCUT2D eigenvalue weighted by molar-refractivity contribution is 0.102. The molecule has 0 saturated heterocycles. The molecule has 1 heterocycles. The van der Waals surface area contributed by atoms with Gasteiger partial charge in [-0.15, -0.1) is 0 Å². The lowest BCUT2D eigenvalue weighted by atomic mass is 10.2. The van der Waals surface area contributed by atoms with Crippen molar-refractivity contribution in [2.24, 2.45) is 0 Å². The number of amides is 1. The highest BCUT2D eigenvalue weighted by molar-refractivity contribution is 7.89. The van der Waals surface area contributed by atoms with Gasteiger partial charge in [0, 0.05) is 18.2 Å². The molecule has 0 unspecified atom stereocenters. The number of para-hydroxylation sites is 2. The average molecular weight is 398 g/mol. The van der Waals surface area contributed by atoms with E-state index >= 15 is 0 Å². The average Bonchev–Trinajstić information content (AvgIpc) is 3.43. The first-order chi connectivity index (χ1) is 13.5. The number of imidazole rings is 1. The zero-order valence-electron chi connectivity index (χ0n) is 15.6. The van der Waals surface area contributed by atoms with Crippen LogP contribution in [0.5, 0.6) is 0 Å². The molecule has 2 aromatic carbocycles. The summed E-state index contributed by atoms with van der Waals surface area (Å²) in [5.74, 6) is 0.159. The molecule has 2 N–H and O–H groups in total. The number of anilines is 1. The number of aromatic nitrogens is 2. The molecule has 1 fully saturated rings. The Bertz CT molecular complexity index is 1120. The minimum Gasteiger partial charge on any atom is -0.310 e. The first kappa shape index (κ1) is 18.6. The van der Waals surface area contributed by atoms with Gasteiger partial charge in [-0.05, 0) is 55.7 Å². The van der Waals surface area contributed by atoms with Crippen LogP contribution in [0.15, 0.2) is 53.4 Å². The maximum atomic E-state index is 12.7. The van der Waals surface area contributed by atoms with Gasteiger partial charge in [0.1, 0.15) is 0 Å². The van der Waals surface area contributed by atoms with E-state index in [0.29, 0.717) is 11.5 Å². The van der Waals surface area contributed by atoms with E-state index in [2.05, 4.69) is 21.9 Å². The van der Waals surface area contributed by atoms with Crippen molar-refractivity contribution in [1.29, 1.82) is 0 Å². The number of rotatable bonds is 7. The fourth-order valence-corrected chi connectivity index (χ4v) is 4.37. The molecule has 7 nitrogen and oxygen atoms in total. The Hall–Kier alpha value is -2.71. The van der Waals surface area contributed by atoms with E-state index in [-0.39, 0.29) is 16.8 Å². The van der Waals surface area contributed by atoms with Crippen molar-refractivity contribution in [3.63, 3.8) is 0 Å². The van der Waals surface area contributed by atoms with Crippen LogP contribution in [0.3, 0.4) is 0 Å². The lowest BCUT2D eigenvalue weighted by Gasteiger charge is -2.10. The molecule has 1 amide bonds. The maximum Gasteiger partial charge on any atom is 0.257 e. The molecule has 0 atom stereocenters. The summed E-state index contributed by atoms with van der Waals surface area (Å²) < 4.78 is 29.1. The molecule has 8 heteroatoms. The van der Waals surface area contributed by atoms with Gasteiger partial charge in [0.2, 0.25) is 16.0 Å². The SMILES string of the molecule is CCCn1c(NC(=O)c2ccc(S(=O)(=O)NC3CC3)cc2)nc2ccccc21. The molecule has 1 aliphatic rings. The van der Waals surface area contributed by atoms with Crippen LogP contribution in [0.4, 0.5) is 5.95 Å². The third-order valence-corrected chi connectivity index (χ3v) is 6.19. The Morgan fingerprint density at radius 1 is 1.14 bits per heavy atom. The summed E-state index contributed by atoms with van der Waals surface area (Å²) in [4.78, 5) is 17.3. The van der Waals surface area contributed by atoms with Gasteiger partial charge < -0.3 is 4.57 Å². The fourth-order valence-electron chi connectivity index (χ4n) is 3.07. The van der Waals surface area contributed by atoms with E-state index < -0.39 is 10.0 Å². The van der Waals surface area contributed by atoms with Crippen molar-refractivity contribution in [3.05, 3.63) is 54.1 Å². The van der Waals surface area contributed by atoms with Gasteiger partial charge in [0.15, 0.2) is 0 Å². The number of aryl methyl sites for hydroxylation is 1. The van der Waals surface area contributed by atoms with E-state index in [4.69, 9.17) is 0 Å². The van der Waals surface area contributed by atoms with Crippen molar-refractivity contribution in [2.75, 3.05) is 5.32 Å². The predicted octanol–water partition coefficient (Wildman–Crippen LogP) is 3.14. The van der Waals surface area contributed by atoms with Gasteiger partial charge in [0.25, 0.3) is 5.91 Å². The van der Waals surface area contributed by atoms with E-state index in [1.165, 1.54) is 24.3 Å². The second-order valence-electron chi connectivity index (χ2n) is 6.95. The topological polar surface area (TPSA) is 93.1 Å². The van der Waals surface area contributed by atoms with Gasteiger partial charge >= 0.3 is 0 Å². The van der Waals surface area contributed by atoms with Crippen LogP contribution in [0.2, 0.25) is 0 Å². The number of fused-ring (bicyclic) bond motifs is 1. The minimum absolute atomic E-state index is 0.0412. The first-order valence-corrected chi connectivity index (χ1v) is 10.9. The van der Waals surface area contributed by atoms with Crippen LogP contribution in [0.1, 0.15) is 36.5 Å². The fraction of sp³-hybridized carbons (Fsp3) is 0.300. The molecule has 28 heavy (non-hydrogen) atoms. The normalized spacial score (nSPS) is 14.3. The molecule has 1 saturated carbocycles. The maximum absolute atomic E-state index is 12.7. The molecule has 3 aromatic rings. The molecule has 1 aromatic heterocycles. The molecule has 0 aliphatic heterocycles. The van der Waals surface area contributed by atoms with Gasteiger partial charge in [-0.25, -0.2) is 18.1 Å². The quantitative estimate of drug-likeness (QED) is 0.639. The number of carbonyl (C=O) groups excluding carboxylic acids is 1. The number of sulfonamides is 1. The van der Waals surface area contributed by atoms with Crippen molar-refractivity contribution in [1.82, 2.24) is 14.3 Å². The second-order valence-corrected chi connectivity index (χ2v) is 8.66. The monoisotopic (exact) mass is 398 g/mol. The summed E-state index contributed by atoms with van der Waals surface area (Å²) in [6.45, 7) is 2.80. The summed E-state index contributed by atoms with van der Waals surface area (Å²) in [7, 11) is -3.53. The molecule has 4 rings (SSSR count). The van der Waals surface area contributed by atoms with E-state index in [9.17, 15) is 13.2 Å². The van der Waals surface area contributed by atoms with Crippen LogP contribution in [0, 0.1) is 0 Å². The number of nitrogens with one attached hydrogen (secondary N) is 2. The van der Waals surface area contributed by atoms with Crippen molar-refractivity contribution < 1.29 is 13.2 Å². The zero-order chi connectivity index (χ0) is 19.7. The summed E-state index contributed by atoms with van der Waals surface area (Å²) in [6.07, 6.45) is 2.65. The van der Waals surface area contributed by atoms with Crippen LogP contribution >= 0.6 is 0 Å². The lowest BCUT2D eigenvalue weighted by Crippen LogP contribution is -2.25. The van der Waals surface area contributed by atoms with Crippen LogP contribution in [-0.2, 0) is 16.6 Å². The predicted molar refractivity (Wildman–Crippen MR) is 108 cm³/mol. The number of nitrogens with zero attached hydrogens (tertiary/aromatic N) is 2. The van der Waals surface area contributed by atoms with E-state index in [0.717, 1.165) is 36.8 Å². The van der Waals surface area contributed by atoms with Gasteiger partial charge in [-0.3, -0.25) is 10.1 Å². The number of hydrogen-bond acceptors (Lipinski definition) is 4. The molecule has 146 valence electrons. The molecule has 0 radical (unpaired) electrons. The number of carbonyl (C=O) groups is 1. The van der Waals surface area contributed by atoms with Crippen molar-refractivity contribution in [2.45, 2.75) is 43.7 Å². The Morgan fingerprint density at radius 3 is 2.54 bits per heavy atom. The smallest absolute Gasteiger partial charge is 0.257 e. The largest absolute Gasteiger partial charge is 0.310 e. The van der Waals surface area contributed by atoms with Crippen LogP contribution < -0.4 is 10.0 Å². The number of hydrogen-bond donors (Lipinski definition) is 2.